The number of anilines is 1. The SMILES string of the molecule is Cc1ncc(Cl)cc1N1CC(S(=O)(=O)Cl)CC1=O. The maximum absolute atomic E-state index is 11.8. The zero-order valence-electron chi connectivity index (χ0n) is 9.43. The van der Waals surface area contributed by atoms with Gasteiger partial charge in [0.05, 0.1) is 16.4 Å². The van der Waals surface area contributed by atoms with Crippen molar-refractivity contribution >= 4 is 42.9 Å². The van der Waals surface area contributed by atoms with E-state index in [1.54, 1.807) is 13.0 Å². The lowest BCUT2D eigenvalue weighted by Crippen LogP contribution is -2.27. The van der Waals surface area contributed by atoms with E-state index in [9.17, 15) is 13.2 Å². The zero-order chi connectivity index (χ0) is 13.5. The quantitative estimate of drug-likeness (QED) is 0.780. The molecule has 2 rings (SSSR count). The minimum absolute atomic E-state index is 0.0352. The molecule has 1 aliphatic rings. The number of rotatable bonds is 2. The van der Waals surface area contributed by atoms with E-state index in [4.69, 9.17) is 22.3 Å². The summed E-state index contributed by atoms with van der Waals surface area (Å²) in [5.41, 5.74) is 1.13. The molecule has 1 fully saturated rings. The number of carbonyl (C=O) groups excluding carboxylic acids is 1. The molecule has 0 bridgehead atoms. The van der Waals surface area contributed by atoms with Gasteiger partial charge in [-0.1, -0.05) is 11.6 Å². The van der Waals surface area contributed by atoms with Gasteiger partial charge in [0.25, 0.3) is 0 Å². The van der Waals surface area contributed by atoms with Crippen LogP contribution >= 0.6 is 22.3 Å². The van der Waals surface area contributed by atoms with Crippen LogP contribution in [0.15, 0.2) is 12.3 Å². The second-order valence-electron chi connectivity index (χ2n) is 4.06. The molecule has 18 heavy (non-hydrogen) atoms. The van der Waals surface area contributed by atoms with E-state index in [2.05, 4.69) is 4.98 Å². The Balaban J connectivity index is 2.35. The number of nitrogens with zero attached hydrogens (tertiary/aromatic N) is 2. The highest BCUT2D eigenvalue weighted by Crippen LogP contribution is 2.29. The summed E-state index contributed by atoms with van der Waals surface area (Å²) in [4.78, 5) is 17.2. The van der Waals surface area contributed by atoms with Crippen LogP contribution in [0.1, 0.15) is 12.1 Å². The average molecular weight is 309 g/mol. The van der Waals surface area contributed by atoms with Crippen molar-refractivity contribution in [2.45, 2.75) is 18.6 Å². The Kier molecular flexibility index (Phi) is 3.53. The van der Waals surface area contributed by atoms with Gasteiger partial charge in [-0.05, 0) is 13.0 Å². The number of hydrogen-bond acceptors (Lipinski definition) is 4. The van der Waals surface area contributed by atoms with E-state index in [1.807, 2.05) is 0 Å². The Hall–Kier alpha value is -0.850. The predicted octanol–water partition coefficient (Wildman–Crippen LogP) is 1.72. The van der Waals surface area contributed by atoms with Gasteiger partial charge < -0.3 is 4.90 Å². The molecule has 1 saturated heterocycles. The lowest BCUT2D eigenvalue weighted by atomic mass is 10.3. The Labute approximate surface area is 114 Å². The van der Waals surface area contributed by atoms with Crippen molar-refractivity contribution in [3.8, 4) is 0 Å². The van der Waals surface area contributed by atoms with Crippen molar-refractivity contribution in [2.24, 2.45) is 0 Å². The molecule has 1 unspecified atom stereocenters. The largest absolute Gasteiger partial charge is 0.309 e. The lowest BCUT2D eigenvalue weighted by Gasteiger charge is -2.18. The first kappa shape index (κ1) is 13.6. The van der Waals surface area contributed by atoms with Crippen molar-refractivity contribution in [1.29, 1.82) is 0 Å². The van der Waals surface area contributed by atoms with E-state index in [-0.39, 0.29) is 18.9 Å². The molecular formula is C10H10Cl2N2O3S. The van der Waals surface area contributed by atoms with Crippen LogP contribution in [0.3, 0.4) is 0 Å². The molecule has 5 nitrogen and oxygen atoms in total. The molecule has 0 spiro atoms. The number of pyridine rings is 1. The Morgan fingerprint density at radius 2 is 2.17 bits per heavy atom. The average Bonchev–Trinajstić information content (AvgIpc) is 2.64. The van der Waals surface area contributed by atoms with Crippen LogP contribution in [-0.4, -0.2) is 31.1 Å². The summed E-state index contributed by atoms with van der Waals surface area (Å²) in [7, 11) is 1.54. The summed E-state index contributed by atoms with van der Waals surface area (Å²) >= 11 is 5.82. The summed E-state index contributed by atoms with van der Waals surface area (Å²) in [5, 5.41) is -0.495. The highest BCUT2D eigenvalue weighted by molar-refractivity contribution is 8.14. The zero-order valence-corrected chi connectivity index (χ0v) is 11.8. The molecule has 0 aromatic carbocycles. The number of amides is 1. The second kappa shape index (κ2) is 4.68. The van der Waals surface area contributed by atoms with Gasteiger partial charge in [-0.15, -0.1) is 0 Å². The van der Waals surface area contributed by atoms with Crippen molar-refractivity contribution in [3.05, 3.63) is 23.0 Å². The van der Waals surface area contributed by atoms with Gasteiger partial charge in [0.15, 0.2) is 0 Å². The molecule has 1 aliphatic heterocycles. The van der Waals surface area contributed by atoms with Crippen molar-refractivity contribution in [1.82, 2.24) is 4.98 Å². The van der Waals surface area contributed by atoms with Crippen LogP contribution in [-0.2, 0) is 13.8 Å². The van der Waals surface area contributed by atoms with E-state index >= 15 is 0 Å². The molecule has 0 aliphatic carbocycles. The first-order valence-electron chi connectivity index (χ1n) is 5.15. The second-order valence-corrected chi connectivity index (χ2v) is 7.41. The number of aromatic nitrogens is 1. The van der Waals surface area contributed by atoms with E-state index < -0.39 is 14.3 Å². The highest BCUT2D eigenvalue weighted by atomic mass is 35.7. The standard InChI is InChI=1S/C10H10Cl2N2O3S/c1-6-9(2-7(11)4-13-6)14-5-8(3-10(14)15)18(12,16)17/h2,4,8H,3,5H2,1H3. The first-order valence-corrected chi connectivity index (χ1v) is 7.90. The van der Waals surface area contributed by atoms with Crippen LogP contribution in [0.25, 0.3) is 0 Å². The van der Waals surface area contributed by atoms with Gasteiger partial charge >= 0.3 is 0 Å². The van der Waals surface area contributed by atoms with Crippen LogP contribution in [0.2, 0.25) is 5.02 Å². The van der Waals surface area contributed by atoms with Gasteiger partial charge in [0.1, 0.15) is 5.25 Å². The molecule has 98 valence electrons. The fraction of sp³-hybridized carbons (Fsp3) is 0.400. The van der Waals surface area contributed by atoms with Crippen molar-refractivity contribution < 1.29 is 13.2 Å². The summed E-state index contributed by atoms with van der Waals surface area (Å²) in [6.07, 6.45) is 1.36. The number of aryl methyl sites for hydroxylation is 1. The smallest absolute Gasteiger partial charge is 0.237 e. The van der Waals surface area contributed by atoms with Crippen molar-refractivity contribution in [2.75, 3.05) is 11.4 Å². The summed E-state index contributed by atoms with van der Waals surface area (Å²) in [6, 6.07) is 1.59. The Morgan fingerprint density at radius 1 is 1.50 bits per heavy atom. The monoisotopic (exact) mass is 308 g/mol. The normalized spacial score (nSPS) is 20.5. The molecule has 1 atom stereocenters. The third-order valence-corrected chi connectivity index (χ3v) is 4.88. The van der Waals surface area contributed by atoms with Gasteiger partial charge in [0.2, 0.25) is 15.0 Å². The third kappa shape index (κ3) is 2.60. The Morgan fingerprint density at radius 3 is 2.72 bits per heavy atom. The molecule has 8 heteroatoms. The fourth-order valence-electron chi connectivity index (χ4n) is 1.87. The van der Waals surface area contributed by atoms with E-state index in [0.717, 1.165) is 0 Å². The van der Waals surface area contributed by atoms with Gasteiger partial charge in [0, 0.05) is 29.8 Å². The minimum Gasteiger partial charge on any atom is -0.309 e. The van der Waals surface area contributed by atoms with Gasteiger partial charge in [-0.25, -0.2) is 8.42 Å². The molecule has 1 amide bonds. The number of carbonyl (C=O) groups is 1. The molecule has 1 aromatic rings. The summed E-state index contributed by atoms with van der Waals surface area (Å²) < 4.78 is 22.5. The van der Waals surface area contributed by atoms with E-state index in [1.165, 1.54) is 11.1 Å². The summed E-state index contributed by atoms with van der Waals surface area (Å²) in [6.45, 7) is 1.76. The molecule has 2 heterocycles. The maximum Gasteiger partial charge on any atom is 0.237 e. The molecule has 0 radical (unpaired) electrons. The molecule has 0 N–H and O–H groups in total. The number of hydrogen-bond donors (Lipinski definition) is 0. The fourth-order valence-corrected chi connectivity index (χ4v) is 3.05. The number of halogens is 2. The van der Waals surface area contributed by atoms with Crippen LogP contribution in [0.4, 0.5) is 5.69 Å². The first-order chi connectivity index (χ1) is 8.29. The molecule has 0 saturated carbocycles. The lowest BCUT2D eigenvalue weighted by molar-refractivity contribution is -0.117. The van der Waals surface area contributed by atoms with Gasteiger partial charge in [-0.2, -0.15) is 0 Å². The van der Waals surface area contributed by atoms with Crippen molar-refractivity contribution in [3.63, 3.8) is 0 Å². The minimum atomic E-state index is -3.74. The van der Waals surface area contributed by atoms with E-state index in [0.29, 0.717) is 16.4 Å². The van der Waals surface area contributed by atoms with Crippen LogP contribution < -0.4 is 4.90 Å². The van der Waals surface area contributed by atoms with Gasteiger partial charge in [-0.3, -0.25) is 9.78 Å². The van der Waals surface area contributed by atoms with Crippen LogP contribution in [0.5, 0.6) is 0 Å². The highest BCUT2D eigenvalue weighted by Gasteiger charge is 2.38. The molecular weight excluding hydrogens is 299 g/mol. The maximum atomic E-state index is 11.8. The summed E-state index contributed by atoms with van der Waals surface area (Å²) in [5.74, 6) is -0.295. The topological polar surface area (TPSA) is 67.3 Å². The Bertz CT molecular complexity index is 603. The van der Waals surface area contributed by atoms with Crippen LogP contribution in [0, 0.1) is 6.92 Å². The predicted molar refractivity (Wildman–Crippen MR) is 69.5 cm³/mol. The molecule has 1 aromatic heterocycles. The third-order valence-electron chi connectivity index (χ3n) is 2.81.